The van der Waals surface area contributed by atoms with Gasteiger partial charge < -0.3 is 14.8 Å². The lowest BCUT2D eigenvalue weighted by Crippen LogP contribution is -2.47. The SMILES string of the molecule is Cc1cc(-c2cc3c(C#N)cccc3c(=O)[nH]2)ccc1CC(=O)N1CCN(C)CC1. The smallest absolute Gasteiger partial charge is 0.256 e. The molecule has 2 heterocycles. The van der Waals surface area contributed by atoms with Gasteiger partial charge in [-0.05, 0) is 54.9 Å². The van der Waals surface area contributed by atoms with Gasteiger partial charge in [-0.3, -0.25) is 9.59 Å². The number of fused-ring (bicyclic) bond motifs is 1. The second kappa shape index (κ2) is 8.13. The first kappa shape index (κ1) is 19.9. The van der Waals surface area contributed by atoms with Crippen LogP contribution in [0, 0.1) is 18.3 Å². The van der Waals surface area contributed by atoms with Gasteiger partial charge in [0, 0.05) is 42.6 Å². The van der Waals surface area contributed by atoms with Crippen LogP contribution in [0.3, 0.4) is 0 Å². The molecule has 0 atom stereocenters. The zero-order chi connectivity index (χ0) is 21.3. The highest BCUT2D eigenvalue weighted by atomic mass is 16.2. The van der Waals surface area contributed by atoms with Crippen molar-refractivity contribution in [3.63, 3.8) is 0 Å². The first-order valence-corrected chi connectivity index (χ1v) is 10.1. The number of carbonyl (C=O) groups is 1. The number of amides is 1. The Morgan fingerprint density at radius 1 is 1.10 bits per heavy atom. The van der Waals surface area contributed by atoms with E-state index < -0.39 is 0 Å². The molecule has 0 saturated carbocycles. The fourth-order valence-corrected chi connectivity index (χ4v) is 3.93. The van der Waals surface area contributed by atoms with Crippen LogP contribution in [0.4, 0.5) is 0 Å². The summed E-state index contributed by atoms with van der Waals surface area (Å²) in [6, 6.07) is 15.0. The molecule has 1 aliphatic heterocycles. The van der Waals surface area contributed by atoms with Crippen LogP contribution in [0.2, 0.25) is 0 Å². The maximum absolute atomic E-state index is 12.7. The number of aromatic amines is 1. The summed E-state index contributed by atoms with van der Waals surface area (Å²) in [5, 5.41) is 10.5. The van der Waals surface area contributed by atoms with Crippen LogP contribution in [0.15, 0.2) is 47.3 Å². The molecule has 1 saturated heterocycles. The Bertz CT molecular complexity index is 1210. The van der Waals surface area contributed by atoms with Crippen LogP contribution in [-0.2, 0) is 11.2 Å². The highest BCUT2D eigenvalue weighted by Gasteiger charge is 2.19. The zero-order valence-electron chi connectivity index (χ0n) is 17.2. The van der Waals surface area contributed by atoms with Crippen molar-refractivity contribution in [2.75, 3.05) is 33.2 Å². The van der Waals surface area contributed by atoms with E-state index in [9.17, 15) is 14.9 Å². The van der Waals surface area contributed by atoms with Crippen molar-refractivity contribution in [2.45, 2.75) is 13.3 Å². The highest BCUT2D eigenvalue weighted by Crippen LogP contribution is 2.24. The van der Waals surface area contributed by atoms with Gasteiger partial charge in [0.1, 0.15) is 0 Å². The Morgan fingerprint density at radius 3 is 2.57 bits per heavy atom. The van der Waals surface area contributed by atoms with E-state index >= 15 is 0 Å². The predicted octanol–water partition coefficient (Wildman–Crippen LogP) is 2.69. The van der Waals surface area contributed by atoms with Crippen LogP contribution < -0.4 is 5.56 Å². The third-order valence-corrected chi connectivity index (χ3v) is 5.86. The van der Waals surface area contributed by atoms with Gasteiger partial charge in [-0.1, -0.05) is 18.2 Å². The van der Waals surface area contributed by atoms with E-state index in [-0.39, 0.29) is 11.5 Å². The van der Waals surface area contributed by atoms with Gasteiger partial charge in [-0.2, -0.15) is 5.26 Å². The number of carbonyl (C=O) groups excluding carboxylic acids is 1. The third kappa shape index (κ3) is 3.85. The van der Waals surface area contributed by atoms with E-state index in [0.717, 1.165) is 42.9 Å². The molecular formula is C24H24N4O2. The number of hydrogen-bond acceptors (Lipinski definition) is 4. The third-order valence-electron chi connectivity index (χ3n) is 5.86. The fourth-order valence-electron chi connectivity index (χ4n) is 3.93. The molecule has 0 aliphatic carbocycles. The number of hydrogen-bond donors (Lipinski definition) is 1. The van der Waals surface area contributed by atoms with E-state index in [1.54, 1.807) is 18.2 Å². The normalized spacial score (nSPS) is 14.6. The van der Waals surface area contributed by atoms with Crippen molar-refractivity contribution < 1.29 is 4.79 Å². The molecule has 6 nitrogen and oxygen atoms in total. The molecule has 2 aromatic carbocycles. The van der Waals surface area contributed by atoms with E-state index in [0.29, 0.717) is 28.5 Å². The average Bonchev–Trinajstić information content (AvgIpc) is 2.75. The number of likely N-dealkylation sites (N-methyl/N-ethyl adjacent to an activating group) is 1. The average molecular weight is 400 g/mol. The van der Waals surface area contributed by atoms with Crippen molar-refractivity contribution in [3.8, 4) is 17.3 Å². The summed E-state index contributed by atoms with van der Waals surface area (Å²) in [7, 11) is 2.07. The fraction of sp³-hybridized carbons (Fsp3) is 0.292. The maximum atomic E-state index is 12.7. The molecule has 0 unspecified atom stereocenters. The van der Waals surface area contributed by atoms with Crippen molar-refractivity contribution in [2.24, 2.45) is 0 Å². The molecule has 1 N–H and O–H groups in total. The largest absolute Gasteiger partial charge is 0.340 e. The molecule has 152 valence electrons. The second-order valence-corrected chi connectivity index (χ2v) is 7.89. The summed E-state index contributed by atoms with van der Waals surface area (Å²) in [5.41, 5.74) is 3.77. The summed E-state index contributed by atoms with van der Waals surface area (Å²) in [4.78, 5) is 32.3. The molecule has 1 fully saturated rings. The molecular weight excluding hydrogens is 376 g/mol. The molecule has 0 spiro atoms. The zero-order valence-corrected chi connectivity index (χ0v) is 17.2. The number of aromatic nitrogens is 1. The van der Waals surface area contributed by atoms with Gasteiger partial charge >= 0.3 is 0 Å². The monoisotopic (exact) mass is 400 g/mol. The summed E-state index contributed by atoms with van der Waals surface area (Å²) >= 11 is 0. The molecule has 3 aromatic rings. The van der Waals surface area contributed by atoms with Crippen LogP contribution >= 0.6 is 0 Å². The number of aryl methyl sites for hydroxylation is 1. The number of piperazine rings is 1. The number of benzene rings is 2. The van der Waals surface area contributed by atoms with E-state index in [1.807, 2.05) is 36.1 Å². The summed E-state index contributed by atoms with van der Waals surface area (Å²) in [6.07, 6.45) is 0.378. The molecule has 4 rings (SSSR count). The Labute approximate surface area is 175 Å². The van der Waals surface area contributed by atoms with Gasteiger partial charge in [-0.15, -0.1) is 0 Å². The first-order chi connectivity index (χ1) is 14.5. The van der Waals surface area contributed by atoms with Gasteiger partial charge in [0.2, 0.25) is 5.91 Å². The Balaban J connectivity index is 1.61. The van der Waals surface area contributed by atoms with Gasteiger partial charge in [0.15, 0.2) is 0 Å². The van der Waals surface area contributed by atoms with Crippen LogP contribution in [0.25, 0.3) is 22.0 Å². The lowest BCUT2D eigenvalue weighted by molar-refractivity contribution is -0.132. The standard InChI is InChI=1S/C24H24N4O2/c1-16-12-18(7-6-17(16)13-23(29)28-10-8-27(2)9-11-28)22-14-21-19(15-25)4-3-5-20(21)24(30)26-22/h3-7,12,14H,8-11,13H2,1-2H3,(H,26,30). The topological polar surface area (TPSA) is 80.2 Å². The van der Waals surface area contributed by atoms with E-state index in [2.05, 4.69) is 23.0 Å². The van der Waals surface area contributed by atoms with Crippen molar-refractivity contribution in [1.29, 1.82) is 5.26 Å². The Hall–Kier alpha value is -3.43. The van der Waals surface area contributed by atoms with E-state index in [4.69, 9.17) is 0 Å². The summed E-state index contributed by atoms with van der Waals surface area (Å²) < 4.78 is 0. The molecule has 6 heteroatoms. The number of H-pyrrole nitrogens is 1. The second-order valence-electron chi connectivity index (χ2n) is 7.89. The van der Waals surface area contributed by atoms with Crippen molar-refractivity contribution in [3.05, 3.63) is 69.5 Å². The van der Waals surface area contributed by atoms with Gasteiger partial charge in [0.05, 0.1) is 18.1 Å². The maximum Gasteiger partial charge on any atom is 0.256 e. The minimum atomic E-state index is -0.216. The van der Waals surface area contributed by atoms with E-state index in [1.165, 1.54) is 0 Å². The summed E-state index contributed by atoms with van der Waals surface area (Å²) in [5.74, 6) is 0.150. The first-order valence-electron chi connectivity index (χ1n) is 10.1. The van der Waals surface area contributed by atoms with Crippen LogP contribution in [0.1, 0.15) is 16.7 Å². The number of nitriles is 1. The molecule has 30 heavy (non-hydrogen) atoms. The summed E-state index contributed by atoms with van der Waals surface area (Å²) in [6.45, 7) is 5.33. The number of pyridine rings is 1. The number of nitrogens with zero attached hydrogens (tertiary/aromatic N) is 3. The Morgan fingerprint density at radius 2 is 1.87 bits per heavy atom. The molecule has 0 bridgehead atoms. The van der Waals surface area contributed by atoms with Gasteiger partial charge in [-0.25, -0.2) is 0 Å². The molecule has 1 amide bonds. The lowest BCUT2D eigenvalue weighted by Gasteiger charge is -2.32. The van der Waals surface area contributed by atoms with Crippen LogP contribution in [0.5, 0.6) is 0 Å². The van der Waals surface area contributed by atoms with Crippen molar-refractivity contribution in [1.82, 2.24) is 14.8 Å². The molecule has 1 aliphatic rings. The van der Waals surface area contributed by atoms with Crippen LogP contribution in [-0.4, -0.2) is 53.9 Å². The minimum Gasteiger partial charge on any atom is -0.340 e. The predicted molar refractivity (Wildman–Crippen MR) is 117 cm³/mol. The minimum absolute atomic E-state index is 0.150. The lowest BCUT2D eigenvalue weighted by atomic mass is 9.98. The Kier molecular flexibility index (Phi) is 5.39. The highest BCUT2D eigenvalue weighted by molar-refractivity contribution is 5.90. The number of nitrogens with one attached hydrogen (secondary N) is 1. The van der Waals surface area contributed by atoms with Crippen molar-refractivity contribution >= 4 is 16.7 Å². The molecule has 0 radical (unpaired) electrons. The number of rotatable bonds is 3. The van der Waals surface area contributed by atoms with Gasteiger partial charge in [0.25, 0.3) is 5.56 Å². The quantitative estimate of drug-likeness (QED) is 0.733. The molecule has 1 aromatic heterocycles.